The Morgan fingerprint density at radius 2 is 1.79 bits per heavy atom. The Morgan fingerprint density at radius 3 is 2.38 bits per heavy atom. The first-order valence-corrected chi connectivity index (χ1v) is 9.05. The first-order chi connectivity index (χ1) is 11.3. The van der Waals surface area contributed by atoms with Gasteiger partial charge in [-0.25, -0.2) is 8.78 Å². The molecule has 0 N–H and O–H groups in total. The molecule has 0 saturated carbocycles. The summed E-state index contributed by atoms with van der Waals surface area (Å²) in [5.41, 5.74) is -0.0942. The lowest BCUT2D eigenvalue weighted by Crippen LogP contribution is -2.41. The van der Waals surface area contributed by atoms with Crippen molar-refractivity contribution >= 4 is 5.91 Å². The number of rotatable bonds is 10. The van der Waals surface area contributed by atoms with Gasteiger partial charge in [0, 0.05) is 30.1 Å². The number of hydrogen-bond acceptors (Lipinski definition) is 1. The van der Waals surface area contributed by atoms with Crippen LogP contribution in [0, 0.1) is 17.0 Å². The van der Waals surface area contributed by atoms with E-state index in [0.717, 1.165) is 44.6 Å². The molecule has 4 heteroatoms. The van der Waals surface area contributed by atoms with Gasteiger partial charge in [-0.15, -0.1) is 0 Å². The second kappa shape index (κ2) is 9.75. The third-order valence-corrected chi connectivity index (χ3v) is 4.40. The topological polar surface area (TPSA) is 20.3 Å². The quantitative estimate of drug-likeness (QED) is 0.501. The molecule has 0 unspecified atom stereocenters. The molecule has 0 aliphatic rings. The van der Waals surface area contributed by atoms with E-state index in [0.29, 0.717) is 12.1 Å². The fourth-order valence-corrected chi connectivity index (χ4v) is 3.00. The second-order valence-electron chi connectivity index (χ2n) is 7.16. The van der Waals surface area contributed by atoms with E-state index in [4.69, 9.17) is 0 Å². The largest absolute Gasteiger partial charge is 0.338 e. The first-order valence-electron chi connectivity index (χ1n) is 9.05. The lowest BCUT2D eigenvalue weighted by molar-refractivity contribution is -0.141. The Labute approximate surface area is 145 Å². The Morgan fingerprint density at radius 1 is 1.08 bits per heavy atom. The van der Waals surface area contributed by atoms with Gasteiger partial charge in [0.05, 0.1) is 0 Å². The van der Waals surface area contributed by atoms with E-state index < -0.39 is 17.0 Å². The highest BCUT2D eigenvalue weighted by molar-refractivity contribution is 5.81. The lowest BCUT2D eigenvalue weighted by atomic mass is 9.86. The molecule has 0 bridgehead atoms. The minimum Gasteiger partial charge on any atom is -0.338 e. The Bertz CT molecular complexity index is 528. The molecule has 0 aliphatic heterocycles. The molecule has 1 aromatic rings. The van der Waals surface area contributed by atoms with Crippen molar-refractivity contribution in [3.05, 3.63) is 35.4 Å². The van der Waals surface area contributed by atoms with Crippen LogP contribution >= 0.6 is 0 Å². The van der Waals surface area contributed by atoms with Crippen molar-refractivity contribution in [2.75, 3.05) is 6.54 Å². The summed E-state index contributed by atoms with van der Waals surface area (Å²) in [6.07, 6.45) is 5.94. The Kier molecular flexibility index (Phi) is 8.37. The zero-order valence-electron chi connectivity index (χ0n) is 15.5. The van der Waals surface area contributed by atoms with Gasteiger partial charge in [-0.1, -0.05) is 59.4 Å². The van der Waals surface area contributed by atoms with Crippen molar-refractivity contribution in [2.24, 2.45) is 5.41 Å². The van der Waals surface area contributed by atoms with E-state index in [2.05, 4.69) is 13.8 Å². The van der Waals surface area contributed by atoms with Crippen molar-refractivity contribution in [3.8, 4) is 0 Å². The predicted molar refractivity (Wildman–Crippen MR) is 94.6 cm³/mol. The number of benzene rings is 1. The van der Waals surface area contributed by atoms with E-state index in [1.165, 1.54) is 12.1 Å². The molecular formula is C20H31F2NO. The van der Waals surface area contributed by atoms with E-state index in [-0.39, 0.29) is 12.5 Å². The monoisotopic (exact) mass is 339 g/mol. The summed E-state index contributed by atoms with van der Waals surface area (Å²) in [6, 6.07) is 3.56. The van der Waals surface area contributed by atoms with Gasteiger partial charge in [0.25, 0.3) is 0 Å². The molecule has 24 heavy (non-hydrogen) atoms. The number of halogens is 2. The van der Waals surface area contributed by atoms with Crippen molar-refractivity contribution in [3.63, 3.8) is 0 Å². The SMILES string of the molecule is CCCCCCN(Cc1ccc(F)cc1F)C(=O)C(C)(C)CCC. The highest BCUT2D eigenvalue weighted by Gasteiger charge is 2.31. The van der Waals surface area contributed by atoms with Crippen LogP contribution in [0.2, 0.25) is 0 Å². The molecule has 136 valence electrons. The third-order valence-electron chi connectivity index (χ3n) is 4.40. The molecule has 2 nitrogen and oxygen atoms in total. The van der Waals surface area contributed by atoms with Crippen LogP contribution in [0.4, 0.5) is 8.78 Å². The maximum absolute atomic E-state index is 14.0. The van der Waals surface area contributed by atoms with E-state index in [9.17, 15) is 13.6 Å². The van der Waals surface area contributed by atoms with Crippen LogP contribution in [0.3, 0.4) is 0 Å². The summed E-state index contributed by atoms with van der Waals surface area (Å²) < 4.78 is 27.1. The maximum atomic E-state index is 14.0. The maximum Gasteiger partial charge on any atom is 0.228 e. The molecule has 0 fully saturated rings. The van der Waals surface area contributed by atoms with Gasteiger partial charge in [0.1, 0.15) is 11.6 Å². The fourth-order valence-electron chi connectivity index (χ4n) is 3.00. The number of hydrogen-bond donors (Lipinski definition) is 0. The number of amides is 1. The highest BCUT2D eigenvalue weighted by Crippen LogP contribution is 2.27. The molecule has 0 saturated heterocycles. The average Bonchev–Trinajstić information content (AvgIpc) is 2.51. The molecule has 0 aromatic heterocycles. The van der Waals surface area contributed by atoms with Crippen LogP contribution in [0.5, 0.6) is 0 Å². The van der Waals surface area contributed by atoms with Crippen molar-refractivity contribution in [1.82, 2.24) is 4.90 Å². The minimum absolute atomic E-state index is 0.0459. The summed E-state index contributed by atoms with van der Waals surface area (Å²) in [7, 11) is 0. The van der Waals surface area contributed by atoms with Gasteiger partial charge in [0.15, 0.2) is 0 Å². The molecule has 0 radical (unpaired) electrons. The van der Waals surface area contributed by atoms with Gasteiger partial charge in [-0.05, 0) is 18.9 Å². The molecule has 0 atom stereocenters. The summed E-state index contributed by atoms with van der Waals surface area (Å²) in [5.74, 6) is -1.14. The standard InChI is InChI=1S/C20H31F2NO/c1-5-7-8-9-13-23(19(24)20(3,4)12-6-2)15-16-10-11-17(21)14-18(16)22/h10-11,14H,5-9,12-13,15H2,1-4H3. The third kappa shape index (κ3) is 6.21. The molecule has 1 aromatic carbocycles. The Balaban J connectivity index is 2.89. The van der Waals surface area contributed by atoms with Gasteiger partial charge >= 0.3 is 0 Å². The molecule has 0 heterocycles. The van der Waals surface area contributed by atoms with Gasteiger partial charge < -0.3 is 4.90 Å². The Hall–Kier alpha value is -1.45. The molecule has 1 amide bonds. The van der Waals surface area contributed by atoms with Gasteiger partial charge in [0.2, 0.25) is 5.91 Å². The lowest BCUT2D eigenvalue weighted by Gasteiger charge is -2.32. The van der Waals surface area contributed by atoms with Gasteiger partial charge in [-0.3, -0.25) is 4.79 Å². The van der Waals surface area contributed by atoms with E-state index in [1.54, 1.807) is 4.90 Å². The van der Waals surface area contributed by atoms with Crippen molar-refractivity contribution < 1.29 is 13.6 Å². The second-order valence-corrected chi connectivity index (χ2v) is 7.16. The number of nitrogens with zero attached hydrogens (tertiary/aromatic N) is 1. The molecule has 1 rings (SSSR count). The van der Waals surface area contributed by atoms with E-state index >= 15 is 0 Å². The van der Waals surface area contributed by atoms with Gasteiger partial charge in [-0.2, -0.15) is 0 Å². The van der Waals surface area contributed by atoms with Crippen LogP contribution in [-0.4, -0.2) is 17.4 Å². The van der Waals surface area contributed by atoms with Crippen molar-refractivity contribution in [1.29, 1.82) is 0 Å². The highest BCUT2D eigenvalue weighted by atomic mass is 19.1. The number of carbonyl (C=O) groups is 1. The van der Waals surface area contributed by atoms with Crippen LogP contribution in [0.15, 0.2) is 18.2 Å². The molecule has 0 aliphatic carbocycles. The zero-order chi connectivity index (χ0) is 18.2. The van der Waals surface area contributed by atoms with E-state index in [1.807, 2.05) is 13.8 Å². The van der Waals surface area contributed by atoms with Crippen LogP contribution < -0.4 is 0 Å². The summed E-state index contributed by atoms with van der Waals surface area (Å²) in [4.78, 5) is 14.7. The van der Waals surface area contributed by atoms with Crippen LogP contribution in [0.1, 0.15) is 71.8 Å². The average molecular weight is 339 g/mol. The van der Waals surface area contributed by atoms with Crippen LogP contribution in [-0.2, 0) is 11.3 Å². The number of carbonyl (C=O) groups excluding carboxylic acids is 1. The smallest absolute Gasteiger partial charge is 0.228 e. The zero-order valence-corrected chi connectivity index (χ0v) is 15.5. The normalized spacial score (nSPS) is 11.6. The fraction of sp³-hybridized carbons (Fsp3) is 0.650. The van der Waals surface area contributed by atoms with Crippen LogP contribution in [0.25, 0.3) is 0 Å². The predicted octanol–water partition coefficient (Wildman–Crippen LogP) is 5.70. The molecular weight excluding hydrogens is 308 g/mol. The summed E-state index contributed by atoms with van der Waals surface area (Å²) >= 11 is 0. The first kappa shape index (κ1) is 20.6. The molecule has 0 spiro atoms. The summed E-state index contributed by atoms with van der Waals surface area (Å²) in [5, 5.41) is 0. The van der Waals surface area contributed by atoms with Crippen molar-refractivity contribution in [2.45, 2.75) is 72.8 Å². The minimum atomic E-state index is -0.594. The summed E-state index contributed by atoms with van der Waals surface area (Å²) in [6.45, 7) is 8.90. The number of unbranched alkanes of at least 4 members (excludes halogenated alkanes) is 3.